The Morgan fingerprint density at radius 3 is 2.85 bits per heavy atom. The van der Waals surface area contributed by atoms with Crippen LogP contribution in [0.2, 0.25) is 0 Å². The van der Waals surface area contributed by atoms with Crippen molar-refractivity contribution in [3.05, 3.63) is 29.3 Å². The molecule has 2 heterocycles. The summed E-state index contributed by atoms with van der Waals surface area (Å²) in [7, 11) is 1.80. The SMILES string of the molecule is CN1C(=O)CCCc2ccc(C#CC3(O)COC3)cc21. The number of aryl methyl sites for hydroxylation is 1. The molecule has 2 aliphatic rings. The van der Waals surface area contributed by atoms with Gasteiger partial charge in [-0.25, -0.2) is 0 Å². The highest BCUT2D eigenvalue weighted by Gasteiger charge is 2.33. The first-order chi connectivity index (χ1) is 9.57. The Hall–Kier alpha value is -1.83. The van der Waals surface area contributed by atoms with Crippen LogP contribution in [0.1, 0.15) is 24.0 Å². The maximum Gasteiger partial charge on any atom is 0.226 e. The van der Waals surface area contributed by atoms with Gasteiger partial charge in [0.25, 0.3) is 0 Å². The number of amides is 1. The fourth-order valence-electron chi connectivity index (χ4n) is 2.45. The van der Waals surface area contributed by atoms with Crippen LogP contribution >= 0.6 is 0 Å². The third kappa shape index (κ3) is 2.43. The van der Waals surface area contributed by atoms with Gasteiger partial charge in [0, 0.05) is 24.7 Å². The molecule has 1 saturated heterocycles. The number of fused-ring (bicyclic) bond motifs is 1. The van der Waals surface area contributed by atoms with E-state index in [1.807, 2.05) is 18.2 Å². The monoisotopic (exact) mass is 271 g/mol. The van der Waals surface area contributed by atoms with Gasteiger partial charge in [-0.1, -0.05) is 17.9 Å². The van der Waals surface area contributed by atoms with E-state index < -0.39 is 5.60 Å². The van der Waals surface area contributed by atoms with Crippen molar-refractivity contribution in [2.45, 2.75) is 24.9 Å². The second kappa shape index (κ2) is 4.93. The summed E-state index contributed by atoms with van der Waals surface area (Å²) >= 11 is 0. The molecule has 104 valence electrons. The van der Waals surface area contributed by atoms with Crippen LogP contribution in [0.15, 0.2) is 18.2 Å². The fourth-order valence-corrected chi connectivity index (χ4v) is 2.45. The maximum absolute atomic E-state index is 11.9. The Bertz CT molecular complexity index is 608. The summed E-state index contributed by atoms with van der Waals surface area (Å²) in [4.78, 5) is 13.6. The van der Waals surface area contributed by atoms with Crippen LogP contribution < -0.4 is 4.90 Å². The van der Waals surface area contributed by atoms with E-state index in [-0.39, 0.29) is 19.1 Å². The number of hydrogen-bond donors (Lipinski definition) is 1. The van der Waals surface area contributed by atoms with Crippen LogP contribution in [-0.4, -0.2) is 36.9 Å². The molecule has 1 fully saturated rings. The van der Waals surface area contributed by atoms with Gasteiger partial charge in [0.05, 0.1) is 13.2 Å². The molecular formula is C16H17NO3. The maximum atomic E-state index is 11.9. The van der Waals surface area contributed by atoms with E-state index >= 15 is 0 Å². The summed E-state index contributed by atoms with van der Waals surface area (Å²) in [5, 5.41) is 9.89. The minimum absolute atomic E-state index is 0.139. The van der Waals surface area contributed by atoms with E-state index in [1.54, 1.807) is 11.9 Å². The van der Waals surface area contributed by atoms with Gasteiger partial charge in [0.2, 0.25) is 5.91 Å². The predicted molar refractivity (Wildman–Crippen MR) is 75.4 cm³/mol. The number of carbonyl (C=O) groups is 1. The van der Waals surface area contributed by atoms with E-state index in [0.717, 1.165) is 24.1 Å². The van der Waals surface area contributed by atoms with Gasteiger partial charge in [-0.05, 0) is 30.5 Å². The van der Waals surface area contributed by atoms with Gasteiger partial charge >= 0.3 is 0 Å². The van der Waals surface area contributed by atoms with E-state index in [0.29, 0.717) is 6.42 Å². The molecule has 2 aliphatic heterocycles. The minimum Gasteiger partial charge on any atom is -0.373 e. The van der Waals surface area contributed by atoms with Crippen LogP contribution in [0.4, 0.5) is 5.69 Å². The van der Waals surface area contributed by atoms with Gasteiger partial charge in [0.1, 0.15) is 0 Å². The molecule has 20 heavy (non-hydrogen) atoms. The molecule has 1 aromatic carbocycles. The number of ether oxygens (including phenoxy) is 1. The molecule has 4 heteroatoms. The summed E-state index contributed by atoms with van der Waals surface area (Å²) in [6.07, 6.45) is 2.39. The third-order valence-electron chi connectivity index (χ3n) is 3.78. The van der Waals surface area contributed by atoms with Crippen molar-refractivity contribution in [3.63, 3.8) is 0 Å². The number of aliphatic hydroxyl groups is 1. The van der Waals surface area contributed by atoms with Gasteiger partial charge in [-0.15, -0.1) is 0 Å². The van der Waals surface area contributed by atoms with Crippen LogP contribution in [-0.2, 0) is 16.0 Å². The number of carbonyl (C=O) groups excluding carboxylic acids is 1. The average Bonchev–Trinajstić information content (AvgIpc) is 2.55. The first-order valence-electron chi connectivity index (χ1n) is 6.80. The number of anilines is 1. The van der Waals surface area contributed by atoms with Gasteiger partial charge < -0.3 is 14.7 Å². The molecule has 0 atom stereocenters. The van der Waals surface area contributed by atoms with Crippen LogP contribution in [0.5, 0.6) is 0 Å². The number of benzene rings is 1. The molecule has 1 amide bonds. The third-order valence-corrected chi connectivity index (χ3v) is 3.78. The van der Waals surface area contributed by atoms with E-state index in [4.69, 9.17) is 4.74 Å². The molecule has 0 bridgehead atoms. The molecule has 0 aliphatic carbocycles. The Kier molecular flexibility index (Phi) is 3.25. The number of nitrogens with zero attached hydrogens (tertiary/aromatic N) is 1. The van der Waals surface area contributed by atoms with Crippen molar-refractivity contribution in [1.82, 2.24) is 0 Å². The normalized spacial score (nSPS) is 20.3. The van der Waals surface area contributed by atoms with E-state index in [1.165, 1.54) is 5.56 Å². The van der Waals surface area contributed by atoms with Crippen molar-refractivity contribution in [2.24, 2.45) is 0 Å². The van der Waals surface area contributed by atoms with Crippen molar-refractivity contribution in [1.29, 1.82) is 0 Å². The topological polar surface area (TPSA) is 49.8 Å². The van der Waals surface area contributed by atoms with Gasteiger partial charge in [-0.3, -0.25) is 4.79 Å². The first kappa shape index (κ1) is 13.2. The van der Waals surface area contributed by atoms with Crippen LogP contribution in [0.3, 0.4) is 0 Å². The highest BCUT2D eigenvalue weighted by molar-refractivity contribution is 5.94. The smallest absolute Gasteiger partial charge is 0.226 e. The molecule has 0 aromatic heterocycles. The summed E-state index contributed by atoms with van der Waals surface area (Å²) in [6, 6.07) is 5.89. The zero-order chi connectivity index (χ0) is 14.2. The molecule has 4 nitrogen and oxygen atoms in total. The number of hydrogen-bond acceptors (Lipinski definition) is 3. The van der Waals surface area contributed by atoms with Gasteiger partial charge in [0.15, 0.2) is 5.60 Å². The molecule has 0 unspecified atom stereocenters. The Morgan fingerprint density at radius 2 is 2.15 bits per heavy atom. The fraction of sp³-hybridized carbons (Fsp3) is 0.438. The molecule has 0 saturated carbocycles. The second-order valence-electron chi connectivity index (χ2n) is 5.42. The molecular weight excluding hydrogens is 254 g/mol. The van der Waals surface area contributed by atoms with Crippen molar-refractivity contribution in [2.75, 3.05) is 25.2 Å². The molecule has 0 radical (unpaired) electrons. The van der Waals surface area contributed by atoms with Crippen molar-refractivity contribution in [3.8, 4) is 11.8 Å². The van der Waals surface area contributed by atoms with Crippen LogP contribution in [0.25, 0.3) is 0 Å². The lowest BCUT2D eigenvalue weighted by molar-refractivity contribution is -0.140. The lowest BCUT2D eigenvalue weighted by Crippen LogP contribution is -2.48. The van der Waals surface area contributed by atoms with E-state index in [9.17, 15) is 9.90 Å². The Labute approximate surface area is 118 Å². The zero-order valence-electron chi connectivity index (χ0n) is 11.5. The Balaban J connectivity index is 1.91. The largest absolute Gasteiger partial charge is 0.373 e. The minimum atomic E-state index is -1.01. The molecule has 0 spiro atoms. The molecule has 3 rings (SSSR count). The standard InChI is InChI=1S/C16H17NO3/c1-17-14-9-12(7-8-16(19)10-20-11-16)5-6-13(14)3-2-4-15(17)18/h5-6,9,19H,2-4,10-11H2,1H3. The lowest BCUT2D eigenvalue weighted by Gasteiger charge is -2.30. The predicted octanol–water partition coefficient (Wildman–Crippen LogP) is 1.10. The summed E-state index contributed by atoms with van der Waals surface area (Å²) in [5.74, 6) is 5.95. The van der Waals surface area contributed by atoms with Crippen molar-refractivity contribution >= 4 is 11.6 Å². The van der Waals surface area contributed by atoms with Crippen LogP contribution in [0, 0.1) is 11.8 Å². The highest BCUT2D eigenvalue weighted by atomic mass is 16.5. The molecule has 1 aromatic rings. The van der Waals surface area contributed by atoms with Crippen molar-refractivity contribution < 1.29 is 14.6 Å². The van der Waals surface area contributed by atoms with E-state index in [2.05, 4.69) is 11.8 Å². The quantitative estimate of drug-likeness (QED) is 0.719. The summed E-state index contributed by atoms with van der Waals surface area (Å²) in [5.41, 5.74) is 1.91. The second-order valence-corrected chi connectivity index (χ2v) is 5.42. The number of rotatable bonds is 0. The average molecular weight is 271 g/mol. The Morgan fingerprint density at radius 1 is 1.35 bits per heavy atom. The lowest BCUT2D eigenvalue weighted by atomic mass is 10.0. The van der Waals surface area contributed by atoms with Gasteiger partial charge in [-0.2, -0.15) is 0 Å². The zero-order valence-corrected chi connectivity index (χ0v) is 11.5. The molecule has 1 N–H and O–H groups in total. The summed E-state index contributed by atoms with van der Waals surface area (Å²) < 4.78 is 4.96. The highest BCUT2D eigenvalue weighted by Crippen LogP contribution is 2.27. The summed E-state index contributed by atoms with van der Waals surface area (Å²) in [6.45, 7) is 0.534. The first-order valence-corrected chi connectivity index (χ1v) is 6.80.